The first-order valence-corrected chi connectivity index (χ1v) is 7.83. The van der Waals surface area contributed by atoms with Crippen LogP contribution in [0.15, 0.2) is 0 Å². The molecule has 1 saturated heterocycles. The van der Waals surface area contributed by atoms with Crippen LogP contribution in [-0.4, -0.2) is 34.1 Å². The lowest BCUT2D eigenvalue weighted by Crippen LogP contribution is -2.54. The molecule has 0 saturated carbocycles. The van der Waals surface area contributed by atoms with E-state index < -0.39 is 11.5 Å². The summed E-state index contributed by atoms with van der Waals surface area (Å²) in [7, 11) is 0. The second-order valence-electron chi connectivity index (χ2n) is 6.90. The van der Waals surface area contributed by atoms with Gasteiger partial charge in [0.2, 0.25) is 0 Å². The highest BCUT2D eigenvalue weighted by Gasteiger charge is 2.48. The number of carboxylic acids is 1. The second-order valence-corrected chi connectivity index (χ2v) is 6.90. The van der Waals surface area contributed by atoms with Gasteiger partial charge in [0, 0.05) is 6.04 Å². The summed E-state index contributed by atoms with van der Waals surface area (Å²) in [5, 5.41) is 9.71. The van der Waals surface area contributed by atoms with Crippen molar-refractivity contribution in [3.63, 3.8) is 0 Å². The molecule has 1 aliphatic heterocycles. The third kappa shape index (κ3) is 3.71. The van der Waals surface area contributed by atoms with Gasteiger partial charge in [0.25, 0.3) is 0 Å². The van der Waals surface area contributed by atoms with Crippen LogP contribution >= 0.6 is 0 Å². The SMILES string of the molecule is CCC1(C(=O)O)CCCN1C(CC(C)C)CC(C)C. The zero-order valence-electron chi connectivity index (χ0n) is 13.3. The molecule has 0 radical (unpaired) electrons. The maximum atomic E-state index is 11.8. The number of carboxylic acid groups (broad SMARTS) is 1. The standard InChI is InChI=1S/C16H31NO2/c1-6-16(15(18)19)8-7-9-17(16)14(10-12(2)3)11-13(4)5/h12-14H,6-11H2,1-5H3,(H,18,19). The third-order valence-electron chi connectivity index (χ3n) is 4.45. The normalized spacial score (nSPS) is 24.8. The summed E-state index contributed by atoms with van der Waals surface area (Å²) in [6.45, 7) is 11.9. The van der Waals surface area contributed by atoms with E-state index in [0.29, 0.717) is 17.9 Å². The third-order valence-corrected chi connectivity index (χ3v) is 4.45. The minimum Gasteiger partial charge on any atom is -0.480 e. The Labute approximate surface area is 118 Å². The largest absolute Gasteiger partial charge is 0.480 e. The molecule has 1 fully saturated rings. The van der Waals surface area contributed by atoms with Gasteiger partial charge in [-0.2, -0.15) is 0 Å². The van der Waals surface area contributed by atoms with Gasteiger partial charge in [-0.1, -0.05) is 34.6 Å². The van der Waals surface area contributed by atoms with Crippen molar-refractivity contribution < 1.29 is 9.90 Å². The Morgan fingerprint density at radius 1 is 1.21 bits per heavy atom. The Balaban J connectivity index is 2.95. The molecule has 3 nitrogen and oxygen atoms in total. The molecule has 3 heteroatoms. The van der Waals surface area contributed by atoms with Crippen molar-refractivity contribution in [3.8, 4) is 0 Å². The molecule has 19 heavy (non-hydrogen) atoms. The number of rotatable bonds is 7. The molecule has 112 valence electrons. The highest BCUT2D eigenvalue weighted by Crippen LogP contribution is 2.37. The fourth-order valence-corrected chi connectivity index (χ4v) is 3.63. The van der Waals surface area contributed by atoms with Gasteiger partial charge >= 0.3 is 5.97 Å². The van der Waals surface area contributed by atoms with E-state index in [-0.39, 0.29) is 0 Å². The van der Waals surface area contributed by atoms with Crippen molar-refractivity contribution in [3.05, 3.63) is 0 Å². The van der Waals surface area contributed by atoms with Gasteiger partial charge < -0.3 is 5.11 Å². The first-order valence-electron chi connectivity index (χ1n) is 7.83. The Kier molecular flexibility index (Phi) is 5.84. The van der Waals surface area contributed by atoms with E-state index >= 15 is 0 Å². The number of hydrogen-bond donors (Lipinski definition) is 1. The fourth-order valence-electron chi connectivity index (χ4n) is 3.63. The molecular weight excluding hydrogens is 238 g/mol. The van der Waals surface area contributed by atoms with Crippen LogP contribution in [0.1, 0.15) is 66.7 Å². The predicted octanol–water partition coefficient (Wildman–Crippen LogP) is 3.78. The zero-order valence-corrected chi connectivity index (χ0v) is 13.3. The van der Waals surface area contributed by atoms with E-state index in [9.17, 15) is 9.90 Å². The van der Waals surface area contributed by atoms with Crippen LogP contribution in [0, 0.1) is 11.8 Å². The molecule has 1 heterocycles. The number of carbonyl (C=O) groups is 1. The monoisotopic (exact) mass is 269 g/mol. The van der Waals surface area contributed by atoms with Crippen molar-refractivity contribution in [2.24, 2.45) is 11.8 Å². The summed E-state index contributed by atoms with van der Waals surface area (Å²) in [5.74, 6) is 0.616. The van der Waals surface area contributed by atoms with Crippen LogP contribution < -0.4 is 0 Å². The Morgan fingerprint density at radius 3 is 2.11 bits per heavy atom. The maximum absolute atomic E-state index is 11.8. The molecule has 1 atom stereocenters. The van der Waals surface area contributed by atoms with Gasteiger partial charge in [0.1, 0.15) is 5.54 Å². The van der Waals surface area contributed by atoms with E-state index in [1.165, 1.54) is 0 Å². The molecule has 0 aromatic rings. The van der Waals surface area contributed by atoms with E-state index in [0.717, 1.165) is 38.6 Å². The zero-order chi connectivity index (χ0) is 14.6. The Morgan fingerprint density at radius 2 is 1.74 bits per heavy atom. The molecule has 0 amide bonds. The van der Waals surface area contributed by atoms with E-state index in [2.05, 4.69) is 32.6 Å². The van der Waals surface area contributed by atoms with Gasteiger partial charge in [0.15, 0.2) is 0 Å². The quantitative estimate of drug-likeness (QED) is 0.764. The number of likely N-dealkylation sites (tertiary alicyclic amines) is 1. The molecule has 0 aliphatic carbocycles. The Hall–Kier alpha value is -0.570. The van der Waals surface area contributed by atoms with Crippen molar-refractivity contribution in [1.82, 2.24) is 4.90 Å². The first-order chi connectivity index (χ1) is 8.83. The smallest absolute Gasteiger partial charge is 0.324 e. The van der Waals surface area contributed by atoms with Gasteiger partial charge in [-0.15, -0.1) is 0 Å². The summed E-state index contributed by atoms with van der Waals surface area (Å²) >= 11 is 0. The average Bonchev–Trinajstić information content (AvgIpc) is 2.71. The number of aliphatic carboxylic acids is 1. The molecule has 0 spiro atoms. The van der Waals surface area contributed by atoms with Crippen LogP contribution in [-0.2, 0) is 4.79 Å². The van der Waals surface area contributed by atoms with Crippen LogP contribution in [0.3, 0.4) is 0 Å². The summed E-state index contributed by atoms with van der Waals surface area (Å²) in [5.41, 5.74) is -0.603. The van der Waals surface area contributed by atoms with Crippen molar-refractivity contribution in [1.29, 1.82) is 0 Å². The lowest BCUT2D eigenvalue weighted by molar-refractivity contribution is -0.152. The molecule has 0 bridgehead atoms. The number of hydrogen-bond acceptors (Lipinski definition) is 2. The van der Waals surface area contributed by atoms with Crippen molar-refractivity contribution in [2.45, 2.75) is 78.3 Å². The predicted molar refractivity (Wildman–Crippen MR) is 79.3 cm³/mol. The molecule has 0 aromatic carbocycles. The Bertz CT molecular complexity index is 291. The lowest BCUT2D eigenvalue weighted by Gasteiger charge is -2.41. The molecule has 1 aliphatic rings. The average molecular weight is 269 g/mol. The van der Waals surface area contributed by atoms with Gasteiger partial charge in [-0.05, 0) is 50.5 Å². The van der Waals surface area contributed by atoms with Crippen LogP contribution in [0.25, 0.3) is 0 Å². The van der Waals surface area contributed by atoms with Gasteiger partial charge in [-0.3, -0.25) is 9.69 Å². The van der Waals surface area contributed by atoms with Gasteiger partial charge in [0.05, 0.1) is 0 Å². The molecule has 1 N–H and O–H groups in total. The summed E-state index contributed by atoms with van der Waals surface area (Å²) in [6, 6.07) is 0.415. The molecular formula is C16H31NO2. The number of nitrogens with zero attached hydrogens (tertiary/aromatic N) is 1. The van der Waals surface area contributed by atoms with Crippen molar-refractivity contribution >= 4 is 5.97 Å². The van der Waals surface area contributed by atoms with Crippen LogP contribution in [0.2, 0.25) is 0 Å². The minimum atomic E-state index is -0.620. The second kappa shape index (κ2) is 6.74. The summed E-state index contributed by atoms with van der Waals surface area (Å²) in [4.78, 5) is 14.1. The van der Waals surface area contributed by atoms with Crippen molar-refractivity contribution in [2.75, 3.05) is 6.54 Å². The summed E-state index contributed by atoms with van der Waals surface area (Å²) < 4.78 is 0. The van der Waals surface area contributed by atoms with Crippen LogP contribution in [0.5, 0.6) is 0 Å². The maximum Gasteiger partial charge on any atom is 0.324 e. The van der Waals surface area contributed by atoms with E-state index in [1.54, 1.807) is 0 Å². The van der Waals surface area contributed by atoms with E-state index in [1.807, 2.05) is 6.92 Å². The van der Waals surface area contributed by atoms with E-state index in [4.69, 9.17) is 0 Å². The highest BCUT2D eigenvalue weighted by molar-refractivity contribution is 5.79. The lowest BCUT2D eigenvalue weighted by atomic mass is 9.87. The molecule has 1 unspecified atom stereocenters. The topological polar surface area (TPSA) is 40.5 Å². The molecule has 1 rings (SSSR count). The first kappa shape index (κ1) is 16.5. The minimum absolute atomic E-state index is 0.415. The van der Waals surface area contributed by atoms with Gasteiger partial charge in [-0.25, -0.2) is 0 Å². The summed E-state index contributed by atoms with van der Waals surface area (Å²) in [6.07, 6.45) is 4.76. The fraction of sp³-hybridized carbons (Fsp3) is 0.938. The highest BCUT2D eigenvalue weighted by atomic mass is 16.4. The molecule has 0 aromatic heterocycles. The van der Waals surface area contributed by atoms with Crippen LogP contribution in [0.4, 0.5) is 0 Å².